The van der Waals surface area contributed by atoms with Crippen molar-refractivity contribution in [2.75, 3.05) is 26.1 Å². The molecule has 1 unspecified atom stereocenters. The van der Waals surface area contributed by atoms with E-state index in [-0.39, 0.29) is 17.4 Å². The van der Waals surface area contributed by atoms with E-state index in [1.807, 2.05) is 6.92 Å². The summed E-state index contributed by atoms with van der Waals surface area (Å²) in [5, 5.41) is 3.30. The number of halogens is 3. The number of ether oxygens (including phenoxy) is 3. The van der Waals surface area contributed by atoms with E-state index in [1.165, 1.54) is 37.7 Å². The number of rotatable bonds is 8. The van der Waals surface area contributed by atoms with Crippen molar-refractivity contribution in [1.29, 1.82) is 0 Å². The Balaban J connectivity index is 0.000000289. The van der Waals surface area contributed by atoms with E-state index in [2.05, 4.69) is 15.3 Å². The van der Waals surface area contributed by atoms with Crippen LogP contribution in [0.25, 0.3) is 10.9 Å². The summed E-state index contributed by atoms with van der Waals surface area (Å²) in [7, 11) is 2.94. The van der Waals surface area contributed by atoms with Crippen molar-refractivity contribution in [3.05, 3.63) is 78.0 Å². The van der Waals surface area contributed by atoms with Crippen molar-refractivity contribution in [3.8, 4) is 23.0 Å². The highest BCUT2D eigenvalue weighted by Crippen LogP contribution is 2.34. The lowest BCUT2D eigenvalue weighted by atomic mass is 10.2. The number of aldehydes is 1. The van der Waals surface area contributed by atoms with Gasteiger partial charge in [-0.25, -0.2) is 13.8 Å². The summed E-state index contributed by atoms with van der Waals surface area (Å²) in [5.41, 5.74) is 6.44. The van der Waals surface area contributed by atoms with E-state index in [1.54, 1.807) is 31.3 Å². The minimum atomic E-state index is -0.806. The summed E-state index contributed by atoms with van der Waals surface area (Å²) in [5.74, 6) is -1.76. The summed E-state index contributed by atoms with van der Waals surface area (Å²) in [4.78, 5) is 17.8. The summed E-state index contributed by atoms with van der Waals surface area (Å²) < 4.78 is 56.7. The van der Waals surface area contributed by atoms with Crippen LogP contribution in [0.5, 0.6) is 23.0 Å². The topological polar surface area (TPSA) is 109 Å². The molecule has 0 bridgehead atoms. The molecule has 0 amide bonds. The molecule has 2 heterocycles. The minimum Gasteiger partial charge on any atom is -0.496 e. The number of hydrogen-bond acceptors (Lipinski definition) is 8. The number of carbonyl (C=O) groups is 1. The lowest BCUT2D eigenvalue weighted by Crippen LogP contribution is -2.23. The Labute approximate surface area is 211 Å². The van der Waals surface area contributed by atoms with Crippen LogP contribution in [0.3, 0.4) is 0 Å². The largest absolute Gasteiger partial charge is 0.496 e. The van der Waals surface area contributed by atoms with Gasteiger partial charge >= 0.3 is 0 Å². The molecule has 194 valence electrons. The number of fused-ring (bicyclic) bond motifs is 1. The third-order valence-electron chi connectivity index (χ3n) is 4.93. The van der Waals surface area contributed by atoms with Crippen LogP contribution in [0.1, 0.15) is 17.3 Å². The minimum absolute atomic E-state index is 0.0974. The predicted molar refractivity (Wildman–Crippen MR) is 133 cm³/mol. The number of nitrogens with two attached hydrogens (primary N) is 1. The molecule has 0 fully saturated rings. The van der Waals surface area contributed by atoms with Crippen molar-refractivity contribution in [2.45, 2.75) is 13.0 Å². The van der Waals surface area contributed by atoms with Crippen molar-refractivity contribution in [2.24, 2.45) is 5.73 Å². The van der Waals surface area contributed by atoms with Crippen LogP contribution < -0.4 is 25.3 Å². The van der Waals surface area contributed by atoms with Gasteiger partial charge in [-0.1, -0.05) is 0 Å². The molecule has 0 aliphatic rings. The molecule has 0 saturated carbocycles. The molecule has 2 aromatic heterocycles. The van der Waals surface area contributed by atoms with E-state index >= 15 is 0 Å². The first-order chi connectivity index (χ1) is 17.8. The standard InChI is InChI=1S/C19H19F2N3O2.C7H6FNO2/c1-11(22)10-25-13-3-4-14-17(9-13)24-6-5-18(14)26-19-15(20)7-12(23-2)8-16(19)21;1-11-6-2-3-9-7(8)5(6)4-10/h3-9,11,23H,10,22H2,1-2H3;2-4H,1H3. The number of benzene rings is 2. The molecular formula is C26H25F3N4O4. The Morgan fingerprint density at radius 3 is 2.30 bits per heavy atom. The smallest absolute Gasteiger partial charge is 0.227 e. The predicted octanol–water partition coefficient (Wildman–Crippen LogP) is 5.11. The quantitative estimate of drug-likeness (QED) is 0.247. The van der Waals surface area contributed by atoms with Gasteiger partial charge in [-0.3, -0.25) is 9.78 Å². The molecule has 37 heavy (non-hydrogen) atoms. The lowest BCUT2D eigenvalue weighted by molar-refractivity contribution is 0.111. The molecule has 0 aliphatic heterocycles. The first-order valence-electron chi connectivity index (χ1n) is 11.0. The average Bonchev–Trinajstić information content (AvgIpc) is 2.89. The van der Waals surface area contributed by atoms with Gasteiger partial charge in [-0.05, 0) is 31.2 Å². The number of pyridine rings is 2. The second kappa shape index (κ2) is 12.5. The summed E-state index contributed by atoms with van der Waals surface area (Å²) in [6, 6.07) is 10.4. The third kappa shape index (κ3) is 6.85. The van der Waals surface area contributed by atoms with Gasteiger partial charge in [-0.2, -0.15) is 4.39 Å². The van der Waals surface area contributed by atoms with E-state index < -0.39 is 23.3 Å². The molecule has 0 spiro atoms. The molecule has 0 radical (unpaired) electrons. The zero-order valence-electron chi connectivity index (χ0n) is 20.3. The van der Waals surface area contributed by atoms with Crippen molar-refractivity contribution >= 4 is 22.9 Å². The second-order valence-corrected chi connectivity index (χ2v) is 7.73. The normalized spacial score (nSPS) is 11.2. The van der Waals surface area contributed by atoms with Crippen LogP contribution in [-0.2, 0) is 0 Å². The average molecular weight is 515 g/mol. The van der Waals surface area contributed by atoms with E-state index in [0.717, 1.165) is 0 Å². The molecule has 11 heteroatoms. The lowest BCUT2D eigenvalue weighted by Gasteiger charge is -2.13. The fourth-order valence-electron chi connectivity index (χ4n) is 3.14. The Morgan fingerprint density at radius 2 is 1.70 bits per heavy atom. The monoisotopic (exact) mass is 514 g/mol. The Bertz CT molecular complexity index is 1360. The molecule has 4 rings (SSSR count). The number of nitrogens with one attached hydrogen (secondary N) is 1. The van der Waals surface area contributed by atoms with E-state index in [0.29, 0.717) is 41.0 Å². The molecule has 0 saturated heterocycles. The van der Waals surface area contributed by atoms with Crippen LogP contribution in [0.2, 0.25) is 0 Å². The van der Waals surface area contributed by atoms with Crippen LogP contribution >= 0.6 is 0 Å². The molecule has 3 N–H and O–H groups in total. The maximum atomic E-state index is 14.2. The van der Waals surface area contributed by atoms with Gasteiger partial charge in [0.15, 0.2) is 23.7 Å². The van der Waals surface area contributed by atoms with Crippen molar-refractivity contribution < 1.29 is 32.2 Å². The van der Waals surface area contributed by atoms with Crippen molar-refractivity contribution in [1.82, 2.24) is 9.97 Å². The van der Waals surface area contributed by atoms with Gasteiger partial charge < -0.3 is 25.3 Å². The van der Waals surface area contributed by atoms with E-state index in [4.69, 9.17) is 19.9 Å². The number of hydrogen-bond donors (Lipinski definition) is 2. The Hall–Kier alpha value is -4.38. The maximum Gasteiger partial charge on any atom is 0.227 e. The number of carbonyl (C=O) groups excluding carboxylic acids is 1. The van der Waals surface area contributed by atoms with Crippen LogP contribution in [-0.4, -0.2) is 43.1 Å². The summed E-state index contributed by atoms with van der Waals surface area (Å²) >= 11 is 0. The van der Waals surface area contributed by atoms with Gasteiger partial charge in [0.25, 0.3) is 0 Å². The number of methoxy groups -OCH3 is 1. The van der Waals surface area contributed by atoms with Crippen LogP contribution in [0, 0.1) is 17.6 Å². The van der Waals surface area contributed by atoms with Gasteiger partial charge in [-0.15, -0.1) is 0 Å². The zero-order chi connectivity index (χ0) is 26.9. The highest BCUT2D eigenvalue weighted by molar-refractivity contribution is 5.86. The molecule has 8 nitrogen and oxygen atoms in total. The summed E-state index contributed by atoms with van der Waals surface area (Å²) in [6.07, 6.45) is 3.12. The molecule has 2 aromatic carbocycles. The Kier molecular flexibility index (Phi) is 9.22. The third-order valence-corrected chi connectivity index (χ3v) is 4.93. The van der Waals surface area contributed by atoms with Crippen LogP contribution in [0.4, 0.5) is 18.9 Å². The first kappa shape index (κ1) is 27.2. The van der Waals surface area contributed by atoms with Gasteiger partial charge in [0, 0.05) is 54.8 Å². The van der Waals surface area contributed by atoms with Crippen LogP contribution in [0.15, 0.2) is 54.9 Å². The van der Waals surface area contributed by atoms with Crippen molar-refractivity contribution in [3.63, 3.8) is 0 Å². The summed E-state index contributed by atoms with van der Waals surface area (Å²) in [6.45, 7) is 2.21. The fourth-order valence-corrected chi connectivity index (χ4v) is 3.14. The SMILES string of the molecule is CNc1cc(F)c(Oc2ccnc3cc(OCC(C)N)ccc23)c(F)c1.COc1ccnc(F)c1C=O. The number of anilines is 1. The van der Waals surface area contributed by atoms with Gasteiger partial charge in [0.05, 0.1) is 12.6 Å². The van der Waals surface area contributed by atoms with E-state index in [9.17, 15) is 18.0 Å². The van der Waals surface area contributed by atoms with Gasteiger partial charge in [0.1, 0.15) is 29.4 Å². The highest BCUT2D eigenvalue weighted by atomic mass is 19.1. The Morgan fingerprint density at radius 1 is 1.03 bits per heavy atom. The molecule has 0 aliphatic carbocycles. The zero-order valence-corrected chi connectivity index (χ0v) is 20.3. The fraction of sp³-hybridized carbons (Fsp3) is 0.192. The van der Waals surface area contributed by atoms with Gasteiger partial charge in [0.2, 0.25) is 5.95 Å². The second-order valence-electron chi connectivity index (χ2n) is 7.73. The molecule has 1 atom stereocenters. The molecular weight excluding hydrogens is 489 g/mol. The number of aromatic nitrogens is 2. The highest BCUT2D eigenvalue weighted by Gasteiger charge is 2.15. The first-order valence-corrected chi connectivity index (χ1v) is 11.0. The number of nitrogens with zero attached hydrogens (tertiary/aromatic N) is 2. The maximum absolute atomic E-state index is 14.2. The molecule has 4 aromatic rings.